The Labute approximate surface area is 122 Å². The van der Waals surface area contributed by atoms with E-state index in [0.717, 1.165) is 38.3 Å². The van der Waals surface area contributed by atoms with Crippen molar-refractivity contribution in [3.8, 4) is 0 Å². The van der Waals surface area contributed by atoms with Gasteiger partial charge in [-0.05, 0) is 25.8 Å². The van der Waals surface area contributed by atoms with Crippen molar-refractivity contribution in [2.45, 2.75) is 38.6 Å². The van der Waals surface area contributed by atoms with Crippen LogP contribution in [0.5, 0.6) is 0 Å². The molecule has 2 heterocycles. The first-order chi connectivity index (χ1) is 10.1. The van der Waals surface area contributed by atoms with Crippen LogP contribution >= 0.6 is 0 Å². The number of hydrogen-bond acceptors (Lipinski definition) is 4. The highest BCUT2D eigenvalue weighted by atomic mass is 16.2. The normalized spacial score (nSPS) is 17.9. The Morgan fingerprint density at radius 1 is 1.38 bits per heavy atom. The van der Waals surface area contributed by atoms with E-state index < -0.39 is 11.2 Å². The van der Waals surface area contributed by atoms with E-state index in [9.17, 15) is 14.4 Å². The summed E-state index contributed by atoms with van der Waals surface area (Å²) in [6.45, 7) is 4.27. The maximum atomic E-state index is 12.5. The van der Waals surface area contributed by atoms with E-state index in [1.807, 2.05) is 0 Å². The van der Waals surface area contributed by atoms with Gasteiger partial charge in [-0.1, -0.05) is 13.3 Å². The predicted molar refractivity (Wildman–Crippen MR) is 79.5 cm³/mol. The van der Waals surface area contributed by atoms with Crippen LogP contribution in [0.15, 0.2) is 15.7 Å². The Bertz CT molecular complexity index is 558. The van der Waals surface area contributed by atoms with Gasteiger partial charge in [-0.25, -0.2) is 4.79 Å². The Hall–Kier alpha value is -1.89. The van der Waals surface area contributed by atoms with Gasteiger partial charge in [0.25, 0.3) is 11.5 Å². The Balaban J connectivity index is 2.15. The van der Waals surface area contributed by atoms with Crippen LogP contribution in [0.1, 0.15) is 43.1 Å². The molecule has 3 N–H and O–H groups in total. The van der Waals surface area contributed by atoms with Gasteiger partial charge in [0.15, 0.2) is 0 Å². The monoisotopic (exact) mass is 294 g/mol. The van der Waals surface area contributed by atoms with E-state index in [-0.39, 0.29) is 11.6 Å². The number of H-pyrrole nitrogens is 2. The predicted octanol–water partition coefficient (Wildman–Crippen LogP) is 0.0575. The molecule has 1 unspecified atom stereocenters. The van der Waals surface area contributed by atoms with Gasteiger partial charge in [0.2, 0.25) is 0 Å². The molecule has 1 fully saturated rings. The first kappa shape index (κ1) is 15.5. The lowest BCUT2D eigenvalue weighted by Gasteiger charge is -2.25. The van der Waals surface area contributed by atoms with Crippen molar-refractivity contribution in [2.75, 3.05) is 19.6 Å². The van der Waals surface area contributed by atoms with E-state index in [0.29, 0.717) is 19.1 Å². The van der Waals surface area contributed by atoms with Crippen molar-refractivity contribution in [1.82, 2.24) is 20.2 Å². The summed E-state index contributed by atoms with van der Waals surface area (Å²) in [7, 11) is 0. The number of amides is 1. The van der Waals surface area contributed by atoms with Crippen LogP contribution in [0.25, 0.3) is 0 Å². The third kappa shape index (κ3) is 4.29. The molecule has 1 saturated heterocycles. The molecule has 116 valence electrons. The molecule has 0 radical (unpaired) electrons. The molecule has 1 aliphatic heterocycles. The summed E-state index contributed by atoms with van der Waals surface area (Å²) in [5.41, 5.74) is -1.16. The molecular formula is C14H22N4O3. The van der Waals surface area contributed by atoms with Gasteiger partial charge < -0.3 is 15.2 Å². The lowest BCUT2D eigenvalue weighted by Crippen LogP contribution is -2.42. The van der Waals surface area contributed by atoms with E-state index in [4.69, 9.17) is 0 Å². The average Bonchev–Trinajstić information content (AvgIpc) is 2.94. The molecule has 21 heavy (non-hydrogen) atoms. The first-order valence-electron chi connectivity index (χ1n) is 7.46. The van der Waals surface area contributed by atoms with Gasteiger partial charge >= 0.3 is 5.69 Å². The number of carbonyl (C=O) groups is 1. The summed E-state index contributed by atoms with van der Waals surface area (Å²) in [5, 5.41) is 3.36. The molecule has 0 spiro atoms. The van der Waals surface area contributed by atoms with Gasteiger partial charge in [-0.15, -0.1) is 0 Å². The maximum Gasteiger partial charge on any atom is 0.326 e. The molecule has 0 bridgehead atoms. The number of nitrogens with zero attached hydrogens (tertiary/aromatic N) is 1. The van der Waals surface area contributed by atoms with E-state index in [1.165, 1.54) is 0 Å². The zero-order chi connectivity index (χ0) is 15.2. The fourth-order valence-corrected chi connectivity index (χ4v) is 2.56. The fraction of sp³-hybridized carbons (Fsp3) is 0.643. The van der Waals surface area contributed by atoms with Crippen molar-refractivity contribution < 1.29 is 4.79 Å². The molecular weight excluding hydrogens is 272 g/mol. The van der Waals surface area contributed by atoms with Crippen LogP contribution < -0.4 is 16.6 Å². The quantitative estimate of drug-likeness (QED) is 0.691. The molecule has 2 rings (SSSR count). The van der Waals surface area contributed by atoms with Crippen LogP contribution in [0.4, 0.5) is 0 Å². The number of nitrogens with one attached hydrogen (secondary N) is 3. The summed E-state index contributed by atoms with van der Waals surface area (Å²) in [6, 6.07) is 1.43. The van der Waals surface area contributed by atoms with Crippen LogP contribution in [-0.4, -0.2) is 46.5 Å². The van der Waals surface area contributed by atoms with Gasteiger partial charge in [0, 0.05) is 25.2 Å². The second-order valence-corrected chi connectivity index (χ2v) is 5.40. The minimum atomic E-state index is -0.653. The van der Waals surface area contributed by atoms with Gasteiger partial charge in [-0.3, -0.25) is 14.6 Å². The number of rotatable bonds is 6. The fourth-order valence-electron chi connectivity index (χ4n) is 2.56. The largest absolute Gasteiger partial charge is 0.336 e. The van der Waals surface area contributed by atoms with Gasteiger partial charge in [-0.2, -0.15) is 0 Å². The lowest BCUT2D eigenvalue weighted by molar-refractivity contribution is 0.0733. The zero-order valence-electron chi connectivity index (χ0n) is 12.3. The molecule has 1 atom stereocenters. The summed E-state index contributed by atoms with van der Waals surface area (Å²) in [6.07, 6.45) is 4.03. The smallest absolute Gasteiger partial charge is 0.326 e. The summed E-state index contributed by atoms with van der Waals surface area (Å²) in [5.74, 6) is -0.291. The molecule has 0 aliphatic carbocycles. The molecule has 0 saturated carbocycles. The second kappa shape index (κ2) is 7.21. The molecule has 7 heteroatoms. The summed E-state index contributed by atoms with van der Waals surface area (Å²) in [4.78, 5) is 41.4. The number of carbonyl (C=O) groups excluding carboxylic acids is 1. The van der Waals surface area contributed by atoms with Crippen molar-refractivity contribution >= 4 is 5.91 Å². The standard InChI is InChI=1S/C14H22N4O3/c1-2-3-7-18(9-10-5-4-6-15-10)13(20)11-8-12(19)17-14(21)16-11/h8,10,15H,2-7,9H2,1H3,(H2,16,17,19,21). The highest BCUT2D eigenvalue weighted by molar-refractivity contribution is 5.92. The van der Waals surface area contributed by atoms with Crippen LogP contribution in [0, 0.1) is 0 Å². The van der Waals surface area contributed by atoms with Crippen LogP contribution in [-0.2, 0) is 0 Å². The lowest BCUT2D eigenvalue weighted by atomic mass is 10.2. The topological polar surface area (TPSA) is 98.1 Å². The highest BCUT2D eigenvalue weighted by Gasteiger charge is 2.22. The number of hydrogen-bond donors (Lipinski definition) is 3. The molecule has 1 aliphatic rings. The molecule has 0 aromatic carbocycles. The van der Waals surface area contributed by atoms with Crippen LogP contribution in [0.3, 0.4) is 0 Å². The first-order valence-corrected chi connectivity index (χ1v) is 7.46. The van der Waals surface area contributed by atoms with Gasteiger partial charge in [0.05, 0.1) is 0 Å². The van der Waals surface area contributed by atoms with E-state index >= 15 is 0 Å². The summed E-state index contributed by atoms with van der Waals surface area (Å²) >= 11 is 0. The van der Waals surface area contributed by atoms with E-state index in [2.05, 4.69) is 22.2 Å². The maximum absolute atomic E-state index is 12.5. The average molecular weight is 294 g/mol. The van der Waals surface area contributed by atoms with Crippen molar-refractivity contribution in [1.29, 1.82) is 0 Å². The van der Waals surface area contributed by atoms with Gasteiger partial charge in [0.1, 0.15) is 5.69 Å². The van der Waals surface area contributed by atoms with Crippen molar-refractivity contribution in [2.24, 2.45) is 0 Å². The molecule has 1 aromatic heterocycles. The molecule has 7 nitrogen and oxygen atoms in total. The SMILES string of the molecule is CCCCN(CC1CCCN1)C(=O)c1cc(=O)[nH]c(=O)[nH]1. The Kier molecular flexibility index (Phi) is 5.32. The number of aromatic nitrogens is 2. The molecule has 1 aromatic rings. The number of aromatic amines is 2. The Morgan fingerprint density at radius 2 is 2.19 bits per heavy atom. The molecule has 1 amide bonds. The van der Waals surface area contributed by atoms with Crippen molar-refractivity contribution in [3.63, 3.8) is 0 Å². The van der Waals surface area contributed by atoms with E-state index in [1.54, 1.807) is 4.90 Å². The third-order valence-corrected chi connectivity index (χ3v) is 3.66. The third-order valence-electron chi connectivity index (χ3n) is 3.66. The summed E-state index contributed by atoms with van der Waals surface area (Å²) < 4.78 is 0. The second-order valence-electron chi connectivity index (χ2n) is 5.40. The minimum absolute atomic E-state index is 0.0536. The van der Waals surface area contributed by atoms with Crippen molar-refractivity contribution in [3.05, 3.63) is 32.6 Å². The van der Waals surface area contributed by atoms with Crippen LogP contribution in [0.2, 0.25) is 0 Å². The minimum Gasteiger partial charge on any atom is -0.336 e. The highest BCUT2D eigenvalue weighted by Crippen LogP contribution is 2.10. The Morgan fingerprint density at radius 3 is 2.81 bits per heavy atom. The zero-order valence-corrected chi connectivity index (χ0v) is 12.3. The number of unbranched alkanes of at least 4 members (excludes halogenated alkanes) is 1.